The number of amides is 1. The smallest absolute Gasteiger partial charge is 0.313 e. The zero-order valence-electron chi connectivity index (χ0n) is 15.4. The number of nitrogens with zero attached hydrogens (tertiary/aromatic N) is 3. The van der Waals surface area contributed by atoms with E-state index in [1.165, 1.54) is 0 Å². The summed E-state index contributed by atoms with van der Waals surface area (Å²) in [5.41, 5.74) is -0.897. The van der Waals surface area contributed by atoms with Gasteiger partial charge in [-0.05, 0) is 38.8 Å². The Bertz CT molecular complexity index is 507. The first-order chi connectivity index (χ1) is 12.0. The summed E-state index contributed by atoms with van der Waals surface area (Å²) in [4.78, 5) is 30.9. The van der Waals surface area contributed by atoms with Gasteiger partial charge in [0.2, 0.25) is 5.91 Å². The first-order valence-electron chi connectivity index (χ1n) is 9.46. The number of piperidine rings is 1. The Morgan fingerprint density at radius 3 is 2.56 bits per heavy atom. The Labute approximate surface area is 149 Å². The highest BCUT2D eigenvalue weighted by molar-refractivity contribution is 5.92. The van der Waals surface area contributed by atoms with Crippen LogP contribution < -0.4 is 0 Å². The molecule has 0 radical (unpaired) electrons. The summed E-state index contributed by atoms with van der Waals surface area (Å²) >= 11 is 0. The summed E-state index contributed by atoms with van der Waals surface area (Å²) in [7, 11) is 1.73. The Morgan fingerprint density at radius 2 is 2.00 bits per heavy atom. The van der Waals surface area contributed by atoms with Crippen molar-refractivity contribution in [3.63, 3.8) is 0 Å². The minimum absolute atomic E-state index is 0.0294. The molecule has 2 atom stereocenters. The SMILES string of the molecule is CCN1C[C@@]2(C(=O)O)CN(CC3CCN(CCOC)CC3)C[C@H]2C1=O. The van der Waals surface area contributed by atoms with Crippen molar-refractivity contribution in [2.24, 2.45) is 17.3 Å². The number of carbonyl (C=O) groups excluding carboxylic acids is 1. The highest BCUT2D eigenvalue weighted by atomic mass is 16.5. The number of likely N-dealkylation sites (tertiary alicyclic amines) is 3. The van der Waals surface area contributed by atoms with E-state index in [9.17, 15) is 14.7 Å². The molecule has 3 aliphatic rings. The van der Waals surface area contributed by atoms with Gasteiger partial charge in [0.1, 0.15) is 5.41 Å². The van der Waals surface area contributed by atoms with Gasteiger partial charge in [0.25, 0.3) is 0 Å². The van der Waals surface area contributed by atoms with Gasteiger partial charge in [-0.25, -0.2) is 0 Å². The second kappa shape index (κ2) is 7.60. The van der Waals surface area contributed by atoms with Crippen LogP contribution >= 0.6 is 0 Å². The fourth-order valence-corrected chi connectivity index (χ4v) is 4.79. The quantitative estimate of drug-likeness (QED) is 0.705. The molecule has 3 rings (SSSR count). The second-order valence-corrected chi connectivity index (χ2v) is 7.84. The molecule has 0 saturated carbocycles. The zero-order chi connectivity index (χ0) is 18.0. The zero-order valence-corrected chi connectivity index (χ0v) is 15.4. The molecule has 0 unspecified atom stereocenters. The summed E-state index contributed by atoms with van der Waals surface area (Å²) in [5.74, 6) is -0.548. The molecule has 0 aromatic rings. The summed E-state index contributed by atoms with van der Waals surface area (Å²) in [6.07, 6.45) is 2.28. The number of hydrogen-bond donors (Lipinski definition) is 1. The molecule has 1 N–H and O–H groups in total. The van der Waals surface area contributed by atoms with E-state index in [0.717, 1.165) is 45.6 Å². The topological polar surface area (TPSA) is 73.3 Å². The van der Waals surface area contributed by atoms with E-state index >= 15 is 0 Å². The van der Waals surface area contributed by atoms with E-state index in [2.05, 4.69) is 9.80 Å². The molecule has 0 aromatic carbocycles. The lowest BCUT2D eigenvalue weighted by Crippen LogP contribution is -2.43. The van der Waals surface area contributed by atoms with Crippen molar-refractivity contribution in [3.8, 4) is 0 Å². The molecule has 3 aliphatic heterocycles. The monoisotopic (exact) mass is 353 g/mol. The van der Waals surface area contributed by atoms with Crippen molar-refractivity contribution in [1.82, 2.24) is 14.7 Å². The third-order valence-electron chi connectivity index (χ3n) is 6.34. The Hall–Kier alpha value is -1.18. The van der Waals surface area contributed by atoms with Gasteiger partial charge in [0, 0.05) is 46.4 Å². The Morgan fingerprint density at radius 1 is 1.28 bits per heavy atom. The third-order valence-corrected chi connectivity index (χ3v) is 6.34. The number of ether oxygens (including phenoxy) is 1. The molecule has 142 valence electrons. The summed E-state index contributed by atoms with van der Waals surface area (Å²) in [6, 6.07) is 0. The van der Waals surface area contributed by atoms with Crippen molar-refractivity contribution >= 4 is 11.9 Å². The number of fused-ring (bicyclic) bond motifs is 1. The van der Waals surface area contributed by atoms with Crippen LogP contribution in [0.4, 0.5) is 0 Å². The normalized spacial score (nSPS) is 31.7. The van der Waals surface area contributed by atoms with E-state index in [1.54, 1.807) is 12.0 Å². The molecule has 25 heavy (non-hydrogen) atoms. The van der Waals surface area contributed by atoms with Crippen LogP contribution in [0.15, 0.2) is 0 Å². The van der Waals surface area contributed by atoms with E-state index < -0.39 is 11.4 Å². The molecule has 1 amide bonds. The number of carbonyl (C=O) groups is 2. The lowest BCUT2D eigenvalue weighted by Gasteiger charge is -2.34. The van der Waals surface area contributed by atoms with Crippen LogP contribution in [0.1, 0.15) is 19.8 Å². The number of methoxy groups -OCH3 is 1. The molecule has 3 saturated heterocycles. The van der Waals surface area contributed by atoms with Crippen molar-refractivity contribution in [3.05, 3.63) is 0 Å². The number of carboxylic acid groups (broad SMARTS) is 1. The van der Waals surface area contributed by atoms with Crippen molar-refractivity contribution < 1.29 is 19.4 Å². The molecule has 0 aromatic heterocycles. The molecule has 0 spiro atoms. The van der Waals surface area contributed by atoms with E-state index in [0.29, 0.717) is 32.1 Å². The standard InChI is InChI=1S/C18H31N3O4/c1-3-21-13-18(17(23)24)12-20(11-15(18)16(21)22)10-14-4-6-19(7-5-14)8-9-25-2/h14-15H,3-13H2,1-2H3,(H,23,24)/t15-,18-/m0/s1. The van der Waals surface area contributed by atoms with Crippen LogP contribution in [-0.2, 0) is 14.3 Å². The summed E-state index contributed by atoms with van der Waals surface area (Å²) in [6.45, 7) is 8.85. The molecular weight excluding hydrogens is 322 g/mol. The first kappa shape index (κ1) is 18.6. The van der Waals surface area contributed by atoms with Gasteiger partial charge in [-0.1, -0.05) is 0 Å². The third kappa shape index (κ3) is 3.55. The average Bonchev–Trinajstić information content (AvgIpc) is 3.09. The predicted octanol–water partition coefficient (Wildman–Crippen LogP) is 0.210. The van der Waals surface area contributed by atoms with Gasteiger partial charge < -0.3 is 24.5 Å². The highest BCUT2D eigenvalue weighted by Gasteiger charge is 2.61. The van der Waals surface area contributed by atoms with E-state index in [1.807, 2.05) is 6.92 Å². The lowest BCUT2D eigenvalue weighted by atomic mass is 9.81. The molecule has 3 heterocycles. The van der Waals surface area contributed by atoms with Gasteiger partial charge in [-0.3, -0.25) is 9.59 Å². The van der Waals surface area contributed by atoms with Gasteiger partial charge in [0.05, 0.1) is 12.5 Å². The van der Waals surface area contributed by atoms with Crippen LogP contribution in [0.25, 0.3) is 0 Å². The van der Waals surface area contributed by atoms with Gasteiger partial charge in [-0.15, -0.1) is 0 Å². The minimum atomic E-state index is -0.897. The molecule has 0 bridgehead atoms. The maximum Gasteiger partial charge on any atom is 0.313 e. The van der Waals surface area contributed by atoms with Crippen molar-refractivity contribution in [2.75, 3.05) is 66.1 Å². The number of hydrogen-bond acceptors (Lipinski definition) is 5. The number of carboxylic acids is 1. The Kier molecular flexibility index (Phi) is 5.65. The largest absolute Gasteiger partial charge is 0.481 e. The summed E-state index contributed by atoms with van der Waals surface area (Å²) < 4.78 is 5.14. The van der Waals surface area contributed by atoms with Crippen LogP contribution in [0.3, 0.4) is 0 Å². The van der Waals surface area contributed by atoms with Gasteiger partial charge in [-0.2, -0.15) is 0 Å². The van der Waals surface area contributed by atoms with Crippen LogP contribution in [0, 0.1) is 17.3 Å². The average molecular weight is 353 g/mol. The molecule has 7 heteroatoms. The predicted molar refractivity (Wildman–Crippen MR) is 93.3 cm³/mol. The maximum atomic E-state index is 12.5. The first-order valence-corrected chi connectivity index (χ1v) is 9.46. The van der Waals surface area contributed by atoms with Crippen LogP contribution in [0.5, 0.6) is 0 Å². The van der Waals surface area contributed by atoms with Gasteiger partial charge >= 0.3 is 5.97 Å². The minimum Gasteiger partial charge on any atom is -0.481 e. The maximum absolute atomic E-state index is 12.5. The molecule has 3 fully saturated rings. The fraction of sp³-hybridized carbons (Fsp3) is 0.889. The summed E-state index contributed by atoms with van der Waals surface area (Å²) in [5, 5.41) is 9.82. The Balaban J connectivity index is 1.55. The van der Waals surface area contributed by atoms with E-state index in [4.69, 9.17) is 4.74 Å². The van der Waals surface area contributed by atoms with Crippen molar-refractivity contribution in [1.29, 1.82) is 0 Å². The number of aliphatic carboxylic acids is 1. The molecule has 0 aliphatic carbocycles. The van der Waals surface area contributed by atoms with Crippen molar-refractivity contribution in [2.45, 2.75) is 19.8 Å². The van der Waals surface area contributed by atoms with E-state index in [-0.39, 0.29) is 11.8 Å². The molecular formula is C18H31N3O4. The van der Waals surface area contributed by atoms with Crippen LogP contribution in [-0.4, -0.2) is 97.8 Å². The van der Waals surface area contributed by atoms with Gasteiger partial charge in [0.15, 0.2) is 0 Å². The lowest BCUT2D eigenvalue weighted by molar-refractivity contribution is -0.149. The highest BCUT2D eigenvalue weighted by Crippen LogP contribution is 2.44. The number of rotatable bonds is 7. The fourth-order valence-electron chi connectivity index (χ4n) is 4.79. The second-order valence-electron chi connectivity index (χ2n) is 7.84. The van der Waals surface area contributed by atoms with Crippen LogP contribution in [0.2, 0.25) is 0 Å². The molecule has 7 nitrogen and oxygen atoms in total.